The van der Waals surface area contributed by atoms with Crippen molar-refractivity contribution in [3.05, 3.63) is 40.1 Å². The Morgan fingerprint density at radius 2 is 2.24 bits per heavy atom. The van der Waals surface area contributed by atoms with Gasteiger partial charge in [-0.3, -0.25) is 14.9 Å². The molecule has 1 aliphatic heterocycles. The number of hydrogen-bond donors (Lipinski definition) is 3. The minimum absolute atomic E-state index is 0.0762. The number of aromatic nitrogens is 1. The molecule has 1 amide bonds. The maximum atomic E-state index is 12.4. The molecule has 0 saturated carbocycles. The second kappa shape index (κ2) is 6.89. The number of amides is 1. The quantitative estimate of drug-likeness (QED) is 0.556. The molecule has 9 nitrogen and oxygen atoms in total. The number of rotatable bonds is 5. The number of para-hydroxylation sites is 1. The molecular formula is C16H17N3O6. The van der Waals surface area contributed by atoms with Gasteiger partial charge in [-0.2, -0.15) is 0 Å². The van der Waals surface area contributed by atoms with E-state index in [1.54, 1.807) is 6.07 Å². The number of carboxylic acid groups (broad SMARTS) is 1. The van der Waals surface area contributed by atoms with Crippen molar-refractivity contribution in [2.24, 2.45) is 5.92 Å². The zero-order valence-electron chi connectivity index (χ0n) is 13.2. The molecule has 1 fully saturated rings. The van der Waals surface area contributed by atoms with Gasteiger partial charge in [0.25, 0.3) is 11.6 Å². The van der Waals surface area contributed by atoms with Crippen LogP contribution >= 0.6 is 0 Å². The zero-order chi connectivity index (χ0) is 18.0. The number of non-ortho nitro benzene ring substituents is 1. The number of ether oxygens (including phenoxy) is 1. The first-order valence-electron chi connectivity index (χ1n) is 7.85. The summed E-state index contributed by atoms with van der Waals surface area (Å²) in [5, 5.41) is 23.5. The lowest BCUT2D eigenvalue weighted by molar-refractivity contribution is -0.383. The van der Waals surface area contributed by atoms with Crippen LogP contribution in [0.15, 0.2) is 24.3 Å². The van der Waals surface area contributed by atoms with Crippen LogP contribution in [0.25, 0.3) is 10.9 Å². The van der Waals surface area contributed by atoms with Crippen LogP contribution in [0.2, 0.25) is 0 Å². The number of fused-ring (bicyclic) bond motifs is 1. The Balaban J connectivity index is 1.84. The van der Waals surface area contributed by atoms with Crippen molar-refractivity contribution in [2.45, 2.75) is 18.9 Å². The number of nitro groups is 1. The second-order valence-electron chi connectivity index (χ2n) is 5.95. The van der Waals surface area contributed by atoms with Gasteiger partial charge in [-0.05, 0) is 18.9 Å². The zero-order valence-corrected chi connectivity index (χ0v) is 13.2. The first kappa shape index (κ1) is 16.9. The standard InChI is InChI=1S/C16H17N3O6/c20-15(18-14(16(21)22)10-4-2-6-25-8-10)11-7-9-3-1-5-12(19(23)24)13(9)17-11/h1,3,5,7,10,14,17H,2,4,6,8H2,(H,18,20)(H,21,22). The number of nitrogens with zero attached hydrogens (tertiary/aromatic N) is 1. The fourth-order valence-corrected chi connectivity index (χ4v) is 3.04. The summed E-state index contributed by atoms with van der Waals surface area (Å²) >= 11 is 0. The third-order valence-corrected chi connectivity index (χ3v) is 4.30. The van der Waals surface area contributed by atoms with Gasteiger partial charge >= 0.3 is 5.97 Å². The number of carbonyl (C=O) groups excluding carboxylic acids is 1. The van der Waals surface area contributed by atoms with Crippen molar-refractivity contribution >= 4 is 28.5 Å². The second-order valence-corrected chi connectivity index (χ2v) is 5.95. The van der Waals surface area contributed by atoms with Gasteiger partial charge in [0.2, 0.25) is 0 Å². The van der Waals surface area contributed by atoms with Gasteiger partial charge in [-0.25, -0.2) is 4.79 Å². The highest BCUT2D eigenvalue weighted by Gasteiger charge is 2.32. The molecule has 132 valence electrons. The van der Waals surface area contributed by atoms with E-state index in [0.717, 1.165) is 6.42 Å². The van der Waals surface area contributed by atoms with Gasteiger partial charge < -0.3 is 20.1 Å². The number of carbonyl (C=O) groups is 2. The summed E-state index contributed by atoms with van der Waals surface area (Å²) in [4.78, 5) is 37.2. The number of aliphatic carboxylic acids is 1. The van der Waals surface area contributed by atoms with Crippen LogP contribution in [0.1, 0.15) is 23.3 Å². The molecule has 9 heteroatoms. The molecule has 3 N–H and O–H groups in total. The Kier molecular flexibility index (Phi) is 4.66. The molecule has 2 unspecified atom stereocenters. The SMILES string of the molecule is O=C(NC(C(=O)O)C1CCCOC1)c1cc2cccc([N+](=O)[O-])c2[nH]1. The summed E-state index contributed by atoms with van der Waals surface area (Å²) in [5.41, 5.74) is 0.157. The first-order chi connectivity index (χ1) is 12.0. The van der Waals surface area contributed by atoms with Gasteiger partial charge in [0.15, 0.2) is 0 Å². The number of hydrogen-bond acceptors (Lipinski definition) is 5. The number of carboxylic acids is 1. The van der Waals surface area contributed by atoms with E-state index in [1.165, 1.54) is 18.2 Å². The summed E-state index contributed by atoms with van der Waals surface area (Å²) in [6.07, 6.45) is 1.39. The summed E-state index contributed by atoms with van der Waals surface area (Å²) < 4.78 is 5.29. The monoisotopic (exact) mass is 347 g/mol. The van der Waals surface area contributed by atoms with Crippen LogP contribution in [0.5, 0.6) is 0 Å². The van der Waals surface area contributed by atoms with Crippen LogP contribution in [-0.2, 0) is 9.53 Å². The number of aromatic amines is 1. The Hall–Kier alpha value is -2.94. The lowest BCUT2D eigenvalue weighted by atomic mass is 9.93. The van der Waals surface area contributed by atoms with Crippen molar-refractivity contribution < 1.29 is 24.4 Å². The smallest absolute Gasteiger partial charge is 0.326 e. The van der Waals surface area contributed by atoms with E-state index in [1.807, 2.05) is 0 Å². The highest BCUT2D eigenvalue weighted by atomic mass is 16.6. The fraction of sp³-hybridized carbons (Fsp3) is 0.375. The molecule has 0 bridgehead atoms. The molecule has 3 rings (SSSR count). The average molecular weight is 347 g/mol. The number of nitrogens with one attached hydrogen (secondary N) is 2. The number of nitro benzene ring substituents is 1. The molecule has 0 aliphatic carbocycles. The van der Waals surface area contributed by atoms with E-state index in [-0.39, 0.29) is 29.4 Å². The molecule has 2 heterocycles. The van der Waals surface area contributed by atoms with E-state index < -0.39 is 22.8 Å². The minimum atomic E-state index is -1.13. The predicted octanol–water partition coefficient (Wildman–Crippen LogP) is 1.69. The highest BCUT2D eigenvalue weighted by Crippen LogP contribution is 2.25. The van der Waals surface area contributed by atoms with E-state index in [0.29, 0.717) is 18.4 Å². The summed E-state index contributed by atoms with van der Waals surface area (Å²) in [5.74, 6) is -2.07. The van der Waals surface area contributed by atoms with E-state index in [2.05, 4.69) is 10.3 Å². The third kappa shape index (κ3) is 3.45. The maximum Gasteiger partial charge on any atom is 0.326 e. The maximum absolute atomic E-state index is 12.4. The minimum Gasteiger partial charge on any atom is -0.480 e. The predicted molar refractivity (Wildman–Crippen MR) is 87.4 cm³/mol. The molecule has 2 aromatic rings. The molecule has 1 aromatic carbocycles. The average Bonchev–Trinajstić information content (AvgIpc) is 3.04. The largest absolute Gasteiger partial charge is 0.480 e. The molecule has 1 aliphatic rings. The Bertz CT molecular complexity index is 824. The number of benzene rings is 1. The van der Waals surface area contributed by atoms with Gasteiger partial charge in [0.1, 0.15) is 17.3 Å². The number of H-pyrrole nitrogens is 1. The lowest BCUT2D eigenvalue weighted by Crippen LogP contribution is -2.48. The van der Waals surface area contributed by atoms with E-state index in [4.69, 9.17) is 4.74 Å². The van der Waals surface area contributed by atoms with Gasteiger partial charge in [-0.1, -0.05) is 12.1 Å². The molecular weight excluding hydrogens is 330 g/mol. The van der Waals surface area contributed by atoms with E-state index >= 15 is 0 Å². The molecule has 0 radical (unpaired) electrons. The van der Waals surface area contributed by atoms with Crippen LogP contribution in [0.3, 0.4) is 0 Å². The summed E-state index contributed by atoms with van der Waals surface area (Å²) in [6, 6.07) is 4.89. The first-order valence-corrected chi connectivity index (χ1v) is 7.85. The van der Waals surface area contributed by atoms with Crippen LogP contribution < -0.4 is 5.32 Å². The van der Waals surface area contributed by atoms with Gasteiger partial charge in [0, 0.05) is 24.0 Å². The van der Waals surface area contributed by atoms with Crippen molar-refractivity contribution in [3.8, 4) is 0 Å². The summed E-state index contributed by atoms with van der Waals surface area (Å²) in [7, 11) is 0. The van der Waals surface area contributed by atoms with E-state index in [9.17, 15) is 24.8 Å². The van der Waals surface area contributed by atoms with Crippen LogP contribution in [-0.4, -0.2) is 46.1 Å². The molecule has 1 aromatic heterocycles. The van der Waals surface area contributed by atoms with Crippen molar-refractivity contribution in [1.29, 1.82) is 0 Å². The fourth-order valence-electron chi connectivity index (χ4n) is 3.04. The molecule has 2 atom stereocenters. The third-order valence-electron chi connectivity index (χ3n) is 4.30. The Morgan fingerprint density at radius 1 is 1.44 bits per heavy atom. The highest BCUT2D eigenvalue weighted by molar-refractivity contribution is 6.01. The molecule has 25 heavy (non-hydrogen) atoms. The normalized spacial score (nSPS) is 18.6. The Labute approximate surface area is 142 Å². The van der Waals surface area contributed by atoms with Crippen molar-refractivity contribution in [3.63, 3.8) is 0 Å². The van der Waals surface area contributed by atoms with Crippen molar-refractivity contribution in [2.75, 3.05) is 13.2 Å². The topological polar surface area (TPSA) is 135 Å². The molecule has 0 spiro atoms. The van der Waals surface area contributed by atoms with Crippen LogP contribution in [0.4, 0.5) is 5.69 Å². The lowest BCUT2D eigenvalue weighted by Gasteiger charge is -2.27. The molecule has 1 saturated heterocycles. The van der Waals surface area contributed by atoms with Gasteiger partial charge in [-0.15, -0.1) is 0 Å². The van der Waals surface area contributed by atoms with Gasteiger partial charge in [0.05, 0.1) is 11.5 Å². The Morgan fingerprint density at radius 3 is 2.88 bits per heavy atom. The van der Waals surface area contributed by atoms with Crippen LogP contribution in [0, 0.1) is 16.0 Å². The van der Waals surface area contributed by atoms with Crippen molar-refractivity contribution in [1.82, 2.24) is 10.3 Å². The summed E-state index contributed by atoms with van der Waals surface area (Å²) in [6.45, 7) is 0.859.